The predicted octanol–water partition coefficient (Wildman–Crippen LogP) is 3.96. The largest absolute Gasteiger partial charge is 0.494 e. The van der Waals surface area contributed by atoms with Gasteiger partial charge in [0.25, 0.3) is 0 Å². The van der Waals surface area contributed by atoms with Gasteiger partial charge in [-0.1, -0.05) is 18.2 Å². The molecule has 4 rings (SSSR count). The van der Waals surface area contributed by atoms with Crippen molar-refractivity contribution in [1.29, 1.82) is 0 Å². The molecule has 134 valence electrons. The molecule has 0 bridgehead atoms. The highest BCUT2D eigenvalue weighted by Gasteiger charge is 2.18. The highest BCUT2D eigenvalue weighted by atomic mass is 16.5. The van der Waals surface area contributed by atoms with Gasteiger partial charge < -0.3 is 13.9 Å². The van der Waals surface area contributed by atoms with Crippen LogP contribution in [0, 0.1) is 0 Å². The first kappa shape index (κ1) is 16.8. The summed E-state index contributed by atoms with van der Waals surface area (Å²) in [5, 5.41) is 1.43. The van der Waals surface area contributed by atoms with Crippen LogP contribution in [0.4, 0.5) is 0 Å². The highest BCUT2D eigenvalue weighted by Crippen LogP contribution is 2.25. The summed E-state index contributed by atoms with van der Waals surface area (Å²) in [4.78, 5) is 29.1. The smallest absolute Gasteiger partial charge is 0.351 e. The number of benzene rings is 2. The van der Waals surface area contributed by atoms with Crippen LogP contribution in [0.5, 0.6) is 11.5 Å². The van der Waals surface area contributed by atoms with Crippen molar-refractivity contribution in [3.05, 3.63) is 76.8 Å². The molecule has 0 amide bonds. The van der Waals surface area contributed by atoms with E-state index < -0.39 is 11.6 Å². The van der Waals surface area contributed by atoms with E-state index in [9.17, 15) is 9.59 Å². The first-order chi connectivity index (χ1) is 13.2. The zero-order valence-corrected chi connectivity index (χ0v) is 14.5. The quantitative estimate of drug-likeness (QED) is 0.311. The minimum absolute atomic E-state index is 0.181. The number of pyridine rings is 1. The summed E-state index contributed by atoms with van der Waals surface area (Å²) in [5.74, 6) is 0.0762. The summed E-state index contributed by atoms with van der Waals surface area (Å²) in [6.07, 6.45) is 1.61. The maximum atomic E-state index is 12.6. The molecule has 0 saturated carbocycles. The SMILES string of the molecule is CCOc1ccc2cc(C(=O)Oc3cccc4cccnc34)c(=O)oc2c1. The van der Waals surface area contributed by atoms with Crippen molar-refractivity contribution in [2.24, 2.45) is 0 Å². The lowest BCUT2D eigenvalue weighted by molar-refractivity contribution is 0.0732. The number of aromatic nitrogens is 1. The molecule has 0 unspecified atom stereocenters. The average Bonchev–Trinajstić information content (AvgIpc) is 2.68. The lowest BCUT2D eigenvalue weighted by Crippen LogP contribution is -2.18. The van der Waals surface area contributed by atoms with Gasteiger partial charge in [-0.2, -0.15) is 0 Å². The van der Waals surface area contributed by atoms with Crippen molar-refractivity contribution in [2.75, 3.05) is 6.61 Å². The number of hydrogen-bond donors (Lipinski definition) is 0. The van der Waals surface area contributed by atoms with Crippen LogP contribution in [0.15, 0.2) is 70.0 Å². The van der Waals surface area contributed by atoms with Gasteiger partial charge in [0.1, 0.15) is 22.4 Å². The first-order valence-electron chi connectivity index (χ1n) is 8.42. The van der Waals surface area contributed by atoms with E-state index in [-0.39, 0.29) is 11.3 Å². The van der Waals surface area contributed by atoms with Crippen molar-refractivity contribution < 1.29 is 18.7 Å². The monoisotopic (exact) mass is 361 g/mol. The van der Waals surface area contributed by atoms with Gasteiger partial charge >= 0.3 is 11.6 Å². The summed E-state index contributed by atoms with van der Waals surface area (Å²) in [6.45, 7) is 2.36. The second kappa shape index (κ2) is 6.92. The molecule has 0 atom stereocenters. The fourth-order valence-corrected chi connectivity index (χ4v) is 2.80. The first-order valence-corrected chi connectivity index (χ1v) is 8.42. The van der Waals surface area contributed by atoms with E-state index in [4.69, 9.17) is 13.9 Å². The van der Waals surface area contributed by atoms with E-state index in [1.54, 1.807) is 42.6 Å². The van der Waals surface area contributed by atoms with E-state index in [0.717, 1.165) is 5.39 Å². The normalized spacial score (nSPS) is 10.9. The standard InChI is InChI=1S/C21H15NO5/c1-2-25-15-9-8-14-11-16(21(24)27-18(14)12-15)20(23)26-17-7-3-5-13-6-4-10-22-19(13)17/h3-12H,2H2,1H3. The van der Waals surface area contributed by atoms with Crippen molar-refractivity contribution in [3.63, 3.8) is 0 Å². The molecule has 0 aliphatic carbocycles. The summed E-state index contributed by atoms with van der Waals surface area (Å²) in [5.41, 5.74) is -0.0665. The van der Waals surface area contributed by atoms with Gasteiger partial charge in [-0.3, -0.25) is 4.98 Å². The molecule has 0 radical (unpaired) electrons. The zero-order valence-electron chi connectivity index (χ0n) is 14.5. The van der Waals surface area contributed by atoms with Crippen molar-refractivity contribution in [1.82, 2.24) is 4.98 Å². The van der Waals surface area contributed by atoms with E-state index >= 15 is 0 Å². The van der Waals surface area contributed by atoms with Crippen LogP contribution in [0.1, 0.15) is 17.3 Å². The molecule has 4 aromatic rings. The molecule has 0 N–H and O–H groups in total. The number of rotatable bonds is 4. The number of esters is 1. The molecule has 27 heavy (non-hydrogen) atoms. The number of carbonyl (C=O) groups excluding carboxylic acids is 1. The summed E-state index contributed by atoms with van der Waals surface area (Å²) in [6, 6.07) is 15.4. The van der Waals surface area contributed by atoms with Crippen molar-refractivity contribution >= 4 is 27.8 Å². The third-order valence-corrected chi connectivity index (χ3v) is 4.04. The summed E-state index contributed by atoms with van der Waals surface area (Å²) >= 11 is 0. The van der Waals surface area contributed by atoms with Gasteiger partial charge in [-0.05, 0) is 37.3 Å². The second-order valence-corrected chi connectivity index (χ2v) is 5.80. The molecule has 0 spiro atoms. The van der Waals surface area contributed by atoms with Gasteiger partial charge in [0.15, 0.2) is 5.75 Å². The summed E-state index contributed by atoms with van der Waals surface area (Å²) in [7, 11) is 0. The molecule has 2 aromatic heterocycles. The number of ether oxygens (including phenoxy) is 2. The van der Waals surface area contributed by atoms with E-state index in [0.29, 0.717) is 28.8 Å². The fraction of sp³-hybridized carbons (Fsp3) is 0.0952. The van der Waals surface area contributed by atoms with E-state index in [1.807, 2.05) is 19.1 Å². The van der Waals surface area contributed by atoms with Gasteiger partial charge in [0.2, 0.25) is 0 Å². The third-order valence-electron chi connectivity index (χ3n) is 4.04. The highest BCUT2D eigenvalue weighted by molar-refractivity contribution is 5.96. The molecule has 2 heterocycles. The van der Waals surface area contributed by atoms with Gasteiger partial charge in [-0.15, -0.1) is 0 Å². The average molecular weight is 361 g/mol. The van der Waals surface area contributed by atoms with Crippen LogP contribution in [-0.4, -0.2) is 17.6 Å². The Kier molecular flexibility index (Phi) is 4.30. The molecule has 6 heteroatoms. The lowest BCUT2D eigenvalue weighted by atomic mass is 10.1. The number of fused-ring (bicyclic) bond motifs is 2. The Labute approximate surface area is 154 Å². The Morgan fingerprint density at radius 3 is 2.78 bits per heavy atom. The van der Waals surface area contributed by atoms with Crippen LogP contribution in [0.25, 0.3) is 21.9 Å². The predicted molar refractivity (Wildman–Crippen MR) is 100 cm³/mol. The number of nitrogens with zero attached hydrogens (tertiary/aromatic N) is 1. The minimum atomic E-state index is -0.794. The number of para-hydroxylation sites is 1. The molecule has 0 aliphatic rings. The van der Waals surface area contributed by atoms with Gasteiger partial charge in [0, 0.05) is 23.0 Å². The lowest BCUT2D eigenvalue weighted by Gasteiger charge is -2.07. The molecule has 0 aliphatic heterocycles. The molecule has 6 nitrogen and oxygen atoms in total. The maximum Gasteiger partial charge on any atom is 0.351 e. The molecular formula is C21H15NO5. The number of hydrogen-bond acceptors (Lipinski definition) is 6. The Bertz CT molecular complexity index is 1210. The molecule has 0 saturated heterocycles. The van der Waals surface area contributed by atoms with E-state index in [2.05, 4.69) is 4.98 Å². The Morgan fingerprint density at radius 2 is 1.93 bits per heavy atom. The second-order valence-electron chi connectivity index (χ2n) is 5.80. The number of carbonyl (C=O) groups is 1. The summed E-state index contributed by atoms with van der Waals surface area (Å²) < 4.78 is 16.1. The van der Waals surface area contributed by atoms with Crippen LogP contribution in [0.2, 0.25) is 0 Å². The Balaban J connectivity index is 1.71. The van der Waals surface area contributed by atoms with Crippen LogP contribution < -0.4 is 15.1 Å². The maximum absolute atomic E-state index is 12.6. The third kappa shape index (κ3) is 3.25. The zero-order chi connectivity index (χ0) is 18.8. The fourth-order valence-electron chi connectivity index (χ4n) is 2.80. The Hall–Kier alpha value is -3.67. The van der Waals surface area contributed by atoms with Crippen molar-refractivity contribution in [3.8, 4) is 11.5 Å². The van der Waals surface area contributed by atoms with Crippen LogP contribution in [0.3, 0.4) is 0 Å². The van der Waals surface area contributed by atoms with E-state index in [1.165, 1.54) is 6.07 Å². The molecular weight excluding hydrogens is 346 g/mol. The van der Waals surface area contributed by atoms with Crippen molar-refractivity contribution in [2.45, 2.75) is 6.92 Å². The molecule has 0 fully saturated rings. The Morgan fingerprint density at radius 1 is 1.07 bits per heavy atom. The minimum Gasteiger partial charge on any atom is -0.494 e. The van der Waals surface area contributed by atoms with Crippen LogP contribution >= 0.6 is 0 Å². The van der Waals surface area contributed by atoms with Gasteiger partial charge in [-0.25, -0.2) is 9.59 Å². The van der Waals surface area contributed by atoms with Gasteiger partial charge in [0.05, 0.1) is 6.61 Å². The van der Waals surface area contributed by atoms with Crippen LogP contribution in [-0.2, 0) is 0 Å². The molecule has 2 aromatic carbocycles. The topological polar surface area (TPSA) is 78.6 Å².